The lowest BCUT2D eigenvalue weighted by Crippen LogP contribution is -2.63. The van der Waals surface area contributed by atoms with E-state index in [9.17, 15) is 5.26 Å². The Morgan fingerprint density at radius 2 is 2.24 bits per heavy atom. The number of H-pyrrole nitrogens is 1. The maximum absolute atomic E-state index is 9.39. The molecular weight excluding hydrogens is 370 g/mol. The second-order valence-electron chi connectivity index (χ2n) is 7.14. The van der Waals surface area contributed by atoms with Crippen LogP contribution in [-0.4, -0.2) is 52.9 Å². The molecule has 0 bridgehead atoms. The summed E-state index contributed by atoms with van der Waals surface area (Å²) >= 11 is 0. The van der Waals surface area contributed by atoms with E-state index in [0.29, 0.717) is 31.3 Å². The van der Waals surface area contributed by atoms with E-state index in [1.807, 2.05) is 35.4 Å². The number of aromatic nitrogens is 8. The van der Waals surface area contributed by atoms with Crippen LogP contribution in [0, 0.1) is 11.3 Å². The van der Waals surface area contributed by atoms with E-state index >= 15 is 0 Å². The summed E-state index contributed by atoms with van der Waals surface area (Å²) in [6.45, 7) is 3.47. The minimum atomic E-state index is -0.323. The summed E-state index contributed by atoms with van der Waals surface area (Å²) < 4.78 is 3.68. The van der Waals surface area contributed by atoms with Gasteiger partial charge < -0.3 is 10.2 Å². The maximum atomic E-state index is 9.39. The Hall–Kier alpha value is -3.94. The lowest BCUT2D eigenvalue weighted by Gasteiger charge is -2.50. The van der Waals surface area contributed by atoms with Crippen molar-refractivity contribution in [3.05, 3.63) is 42.5 Å². The molecule has 4 aromatic heterocycles. The van der Waals surface area contributed by atoms with Crippen molar-refractivity contribution in [2.24, 2.45) is 0 Å². The van der Waals surface area contributed by atoms with Crippen LogP contribution in [0.2, 0.25) is 0 Å². The van der Waals surface area contributed by atoms with Gasteiger partial charge in [-0.3, -0.25) is 4.68 Å². The lowest BCUT2D eigenvalue weighted by atomic mass is 9.86. The molecule has 1 saturated heterocycles. The molecule has 1 aliphatic rings. The number of hydrogen-bond acceptors (Lipinski definition) is 8. The molecule has 0 radical (unpaired) electrons. The van der Waals surface area contributed by atoms with Crippen LogP contribution >= 0.6 is 0 Å². The van der Waals surface area contributed by atoms with Gasteiger partial charge in [0.05, 0.1) is 30.6 Å². The first-order valence-corrected chi connectivity index (χ1v) is 9.35. The van der Waals surface area contributed by atoms with Crippen LogP contribution in [0.5, 0.6) is 0 Å². The molecule has 0 atom stereocenters. The molecule has 1 aliphatic heterocycles. The third-order valence-corrected chi connectivity index (χ3v) is 5.25. The van der Waals surface area contributed by atoms with Crippen LogP contribution in [0.1, 0.15) is 18.9 Å². The number of pyridine rings is 1. The van der Waals surface area contributed by atoms with Gasteiger partial charge in [0.1, 0.15) is 5.54 Å². The average Bonchev–Trinajstić information content (AvgIpc) is 3.44. The number of aromatic amines is 1. The average molecular weight is 389 g/mol. The predicted octanol–water partition coefficient (Wildman–Crippen LogP) is 1.48. The summed E-state index contributed by atoms with van der Waals surface area (Å²) in [6.07, 6.45) is 8.67. The number of nitrogens with one attached hydrogen (secondary N) is 2. The molecule has 5 heterocycles. The molecule has 11 nitrogen and oxygen atoms in total. The fraction of sp³-hybridized carbons (Fsp3) is 0.333. The molecule has 2 N–H and O–H groups in total. The zero-order valence-electron chi connectivity index (χ0n) is 15.8. The zero-order chi connectivity index (χ0) is 19.8. The van der Waals surface area contributed by atoms with Crippen molar-refractivity contribution in [2.45, 2.75) is 25.3 Å². The van der Waals surface area contributed by atoms with E-state index in [1.54, 1.807) is 10.7 Å². The van der Waals surface area contributed by atoms with Crippen LogP contribution in [0.4, 0.5) is 17.5 Å². The maximum Gasteiger partial charge on any atom is 0.248 e. The topological polar surface area (TPSA) is 129 Å². The molecule has 1 fully saturated rings. The number of fused-ring (bicyclic) bond motifs is 1. The van der Waals surface area contributed by atoms with Gasteiger partial charge in [-0.25, -0.2) is 4.52 Å². The first-order valence-electron chi connectivity index (χ1n) is 9.35. The Balaban J connectivity index is 1.43. The molecular formula is C18H19N11. The standard InChI is InChI=1S/C18H19N11/c1-2-13-8-21-29(10-13)18(5-6-19)11-27(12-18)14-4-3-7-28-16(14)23-17(25-28)22-15-9-20-26-24-15/h3-4,7-10H,2,5,11-12H2,1H3,(H2,20,22,24,25,26). The summed E-state index contributed by atoms with van der Waals surface area (Å²) in [4.78, 5) is 6.81. The van der Waals surface area contributed by atoms with Crippen LogP contribution in [0.15, 0.2) is 36.9 Å². The quantitative estimate of drug-likeness (QED) is 0.507. The van der Waals surface area contributed by atoms with Crippen LogP contribution in [-0.2, 0) is 12.0 Å². The Labute approximate surface area is 166 Å². The Morgan fingerprint density at radius 3 is 2.97 bits per heavy atom. The van der Waals surface area contributed by atoms with Crippen molar-refractivity contribution in [3.8, 4) is 6.07 Å². The van der Waals surface area contributed by atoms with Crippen molar-refractivity contribution in [2.75, 3.05) is 23.3 Å². The minimum absolute atomic E-state index is 0.323. The molecule has 0 spiro atoms. The summed E-state index contributed by atoms with van der Waals surface area (Å²) in [7, 11) is 0. The molecule has 0 unspecified atom stereocenters. The van der Waals surface area contributed by atoms with E-state index in [-0.39, 0.29) is 5.54 Å². The molecule has 11 heteroatoms. The highest BCUT2D eigenvalue weighted by molar-refractivity contribution is 5.72. The van der Waals surface area contributed by atoms with Crippen molar-refractivity contribution in [1.82, 2.24) is 39.8 Å². The third-order valence-electron chi connectivity index (χ3n) is 5.25. The third kappa shape index (κ3) is 2.85. The van der Waals surface area contributed by atoms with E-state index in [1.165, 1.54) is 5.56 Å². The Kier molecular flexibility index (Phi) is 3.90. The molecule has 0 aliphatic carbocycles. The number of rotatable bonds is 6. The molecule has 0 amide bonds. The normalized spacial score (nSPS) is 15.2. The van der Waals surface area contributed by atoms with Gasteiger partial charge in [0.25, 0.3) is 0 Å². The molecule has 0 saturated carbocycles. The van der Waals surface area contributed by atoms with E-state index in [2.05, 4.69) is 53.8 Å². The molecule has 5 rings (SSSR count). The van der Waals surface area contributed by atoms with E-state index < -0.39 is 0 Å². The SMILES string of the molecule is CCc1cnn(C2(CC#N)CN(c3cccn4nc(Nc5cn[nH]n5)nc34)C2)c1. The summed E-state index contributed by atoms with van der Waals surface area (Å²) in [5, 5.41) is 31.7. The number of aryl methyl sites for hydroxylation is 1. The highest BCUT2D eigenvalue weighted by Crippen LogP contribution is 2.37. The van der Waals surface area contributed by atoms with Crippen molar-refractivity contribution < 1.29 is 0 Å². The largest absolute Gasteiger partial charge is 0.363 e. The minimum Gasteiger partial charge on any atom is -0.363 e. The van der Waals surface area contributed by atoms with Gasteiger partial charge in [-0.05, 0) is 24.1 Å². The number of nitriles is 1. The van der Waals surface area contributed by atoms with E-state index in [0.717, 1.165) is 17.8 Å². The first-order chi connectivity index (χ1) is 14.2. The van der Waals surface area contributed by atoms with Crippen LogP contribution in [0.3, 0.4) is 0 Å². The number of nitrogens with zero attached hydrogens (tertiary/aromatic N) is 9. The number of hydrogen-bond donors (Lipinski definition) is 2. The summed E-state index contributed by atoms with van der Waals surface area (Å²) in [5.41, 5.74) is 2.55. The fourth-order valence-corrected chi connectivity index (χ4v) is 3.69. The highest BCUT2D eigenvalue weighted by atomic mass is 15.4. The van der Waals surface area contributed by atoms with Gasteiger partial charge >= 0.3 is 0 Å². The van der Waals surface area contributed by atoms with Crippen LogP contribution < -0.4 is 10.2 Å². The second kappa shape index (κ2) is 6.59. The summed E-state index contributed by atoms with van der Waals surface area (Å²) in [5.74, 6) is 0.986. The van der Waals surface area contributed by atoms with Gasteiger partial charge in [-0.1, -0.05) is 6.92 Å². The van der Waals surface area contributed by atoms with Crippen molar-refractivity contribution in [1.29, 1.82) is 5.26 Å². The highest BCUT2D eigenvalue weighted by Gasteiger charge is 2.46. The first kappa shape index (κ1) is 17.2. The smallest absolute Gasteiger partial charge is 0.248 e. The Bertz CT molecular complexity index is 1170. The van der Waals surface area contributed by atoms with Crippen molar-refractivity contribution >= 4 is 23.1 Å². The van der Waals surface area contributed by atoms with Gasteiger partial charge in [0.15, 0.2) is 11.5 Å². The van der Waals surface area contributed by atoms with Crippen LogP contribution in [0.25, 0.3) is 5.65 Å². The monoisotopic (exact) mass is 389 g/mol. The second-order valence-corrected chi connectivity index (χ2v) is 7.14. The van der Waals surface area contributed by atoms with Gasteiger partial charge in [0, 0.05) is 25.5 Å². The van der Waals surface area contributed by atoms with Gasteiger partial charge in [0.2, 0.25) is 5.95 Å². The zero-order valence-corrected chi connectivity index (χ0v) is 15.8. The Morgan fingerprint density at radius 1 is 1.34 bits per heavy atom. The summed E-state index contributed by atoms with van der Waals surface area (Å²) in [6, 6.07) is 6.28. The van der Waals surface area contributed by atoms with Gasteiger partial charge in [-0.15, -0.1) is 10.2 Å². The molecule has 29 heavy (non-hydrogen) atoms. The lowest BCUT2D eigenvalue weighted by molar-refractivity contribution is 0.198. The van der Waals surface area contributed by atoms with E-state index in [4.69, 9.17) is 0 Å². The fourth-order valence-electron chi connectivity index (χ4n) is 3.69. The predicted molar refractivity (Wildman–Crippen MR) is 105 cm³/mol. The van der Waals surface area contributed by atoms with Gasteiger partial charge in [-0.2, -0.15) is 25.7 Å². The molecule has 4 aromatic rings. The van der Waals surface area contributed by atoms with Crippen molar-refractivity contribution in [3.63, 3.8) is 0 Å². The molecule has 146 valence electrons. The molecule has 0 aromatic carbocycles. The number of anilines is 3.